The number of thioether (sulfide) groups is 1. The highest BCUT2D eigenvalue weighted by atomic mass is 32.2. The number of hydrogen-bond acceptors (Lipinski definition) is 4. The Morgan fingerprint density at radius 3 is 2.59 bits per heavy atom. The molecule has 0 aliphatic carbocycles. The topological polar surface area (TPSA) is 44.1 Å². The first-order valence-electron chi connectivity index (χ1n) is 6.89. The minimum Gasteiger partial charge on any atom is -0.465 e. The van der Waals surface area contributed by atoms with Crippen LogP contribution in [0.25, 0.3) is 11.0 Å². The van der Waals surface area contributed by atoms with Gasteiger partial charge in [0.05, 0.1) is 30.3 Å². The predicted octanol–water partition coefficient (Wildman–Crippen LogP) is 3.59. The lowest BCUT2D eigenvalue weighted by Crippen LogP contribution is -2.03. The van der Waals surface area contributed by atoms with E-state index in [2.05, 4.69) is 15.6 Å². The Kier molecular flexibility index (Phi) is 4.15. The Labute approximate surface area is 133 Å². The van der Waals surface area contributed by atoms with E-state index in [9.17, 15) is 4.79 Å². The van der Waals surface area contributed by atoms with Gasteiger partial charge in [0.15, 0.2) is 5.16 Å². The van der Waals surface area contributed by atoms with Crippen molar-refractivity contribution in [3.63, 3.8) is 0 Å². The van der Waals surface area contributed by atoms with Gasteiger partial charge in [0.1, 0.15) is 0 Å². The first-order chi connectivity index (χ1) is 10.7. The molecule has 0 saturated carbocycles. The third-order valence-electron chi connectivity index (χ3n) is 3.52. The summed E-state index contributed by atoms with van der Waals surface area (Å²) in [6.07, 6.45) is 2.03. The molecule has 0 saturated heterocycles. The summed E-state index contributed by atoms with van der Waals surface area (Å²) in [5.41, 5.74) is 3.79. The number of nitrogens with zero attached hydrogens (tertiary/aromatic N) is 2. The van der Waals surface area contributed by atoms with Crippen molar-refractivity contribution < 1.29 is 9.53 Å². The molecule has 0 N–H and O–H groups in total. The van der Waals surface area contributed by atoms with Crippen molar-refractivity contribution in [2.24, 2.45) is 0 Å². The van der Waals surface area contributed by atoms with Crippen LogP contribution in [0.4, 0.5) is 0 Å². The summed E-state index contributed by atoms with van der Waals surface area (Å²) in [5, 5.41) is 0.984. The summed E-state index contributed by atoms with van der Waals surface area (Å²) in [7, 11) is 1.39. The molecule has 22 heavy (non-hydrogen) atoms. The number of carbonyl (C=O) groups is 1. The minimum absolute atomic E-state index is 0.315. The molecule has 0 bridgehead atoms. The van der Waals surface area contributed by atoms with E-state index in [-0.39, 0.29) is 5.97 Å². The maximum atomic E-state index is 11.5. The van der Waals surface area contributed by atoms with E-state index in [4.69, 9.17) is 4.74 Å². The van der Waals surface area contributed by atoms with Crippen molar-refractivity contribution in [2.75, 3.05) is 13.4 Å². The highest BCUT2D eigenvalue weighted by molar-refractivity contribution is 7.98. The fourth-order valence-electron chi connectivity index (χ4n) is 2.41. The quantitative estimate of drug-likeness (QED) is 0.545. The molecule has 3 rings (SSSR count). The van der Waals surface area contributed by atoms with Crippen molar-refractivity contribution in [1.29, 1.82) is 0 Å². The second-order valence-electron chi connectivity index (χ2n) is 4.86. The van der Waals surface area contributed by atoms with Crippen LogP contribution in [-0.2, 0) is 11.3 Å². The molecule has 0 aliphatic heterocycles. The number of rotatable bonds is 4. The Hall–Kier alpha value is -2.27. The average Bonchev–Trinajstić information content (AvgIpc) is 2.93. The van der Waals surface area contributed by atoms with Crippen LogP contribution in [0.1, 0.15) is 15.9 Å². The van der Waals surface area contributed by atoms with Crippen molar-refractivity contribution in [1.82, 2.24) is 9.55 Å². The molecule has 3 aromatic rings. The fourth-order valence-corrected chi connectivity index (χ4v) is 2.98. The van der Waals surface area contributed by atoms with Gasteiger partial charge >= 0.3 is 5.97 Å². The first kappa shape index (κ1) is 14.7. The number of hydrogen-bond donors (Lipinski definition) is 0. The van der Waals surface area contributed by atoms with Crippen molar-refractivity contribution >= 4 is 28.8 Å². The fraction of sp³-hybridized carbons (Fsp3) is 0.176. The number of esters is 1. The SMILES string of the molecule is COC(=O)c1ccc(Cn2c(SC)nc3ccccc32)cc1. The predicted molar refractivity (Wildman–Crippen MR) is 88.4 cm³/mol. The summed E-state index contributed by atoms with van der Waals surface area (Å²) >= 11 is 1.63. The Balaban J connectivity index is 1.94. The zero-order valence-corrected chi connectivity index (χ0v) is 13.3. The van der Waals surface area contributed by atoms with Gasteiger partial charge in [-0.3, -0.25) is 0 Å². The molecule has 0 radical (unpaired) electrons. The Morgan fingerprint density at radius 1 is 1.18 bits per heavy atom. The first-order valence-corrected chi connectivity index (χ1v) is 8.12. The Morgan fingerprint density at radius 2 is 1.91 bits per heavy atom. The zero-order chi connectivity index (χ0) is 15.5. The summed E-state index contributed by atoms with van der Waals surface area (Å²) in [4.78, 5) is 16.1. The second kappa shape index (κ2) is 6.23. The van der Waals surface area contributed by atoms with Gasteiger partial charge in [-0.05, 0) is 36.1 Å². The third kappa shape index (κ3) is 2.72. The third-order valence-corrected chi connectivity index (χ3v) is 4.19. The van der Waals surface area contributed by atoms with Crippen LogP contribution in [0.2, 0.25) is 0 Å². The van der Waals surface area contributed by atoms with Gasteiger partial charge in [0.25, 0.3) is 0 Å². The number of para-hydroxylation sites is 2. The molecule has 0 atom stereocenters. The number of ether oxygens (including phenoxy) is 1. The van der Waals surface area contributed by atoms with Crippen molar-refractivity contribution in [3.8, 4) is 0 Å². The molecule has 0 spiro atoms. The van der Waals surface area contributed by atoms with Gasteiger partial charge < -0.3 is 9.30 Å². The maximum Gasteiger partial charge on any atom is 0.337 e. The highest BCUT2D eigenvalue weighted by Gasteiger charge is 2.10. The van der Waals surface area contributed by atoms with E-state index < -0.39 is 0 Å². The van der Waals surface area contributed by atoms with Crippen LogP contribution in [0, 0.1) is 0 Å². The summed E-state index contributed by atoms with van der Waals surface area (Å²) in [6.45, 7) is 0.720. The average molecular weight is 312 g/mol. The number of imidazole rings is 1. The van der Waals surface area contributed by atoms with Gasteiger partial charge in [-0.15, -0.1) is 0 Å². The number of fused-ring (bicyclic) bond motifs is 1. The van der Waals surface area contributed by atoms with Gasteiger partial charge in [-0.1, -0.05) is 36.0 Å². The lowest BCUT2D eigenvalue weighted by atomic mass is 10.1. The number of methoxy groups -OCH3 is 1. The lowest BCUT2D eigenvalue weighted by Gasteiger charge is -2.08. The molecular weight excluding hydrogens is 296 g/mol. The minimum atomic E-state index is -0.315. The van der Waals surface area contributed by atoms with E-state index >= 15 is 0 Å². The molecule has 0 amide bonds. The summed E-state index contributed by atoms with van der Waals surface area (Å²) in [6, 6.07) is 15.6. The summed E-state index contributed by atoms with van der Waals surface area (Å²) in [5.74, 6) is -0.315. The number of benzene rings is 2. The van der Waals surface area contributed by atoms with E-state index in [0.29, 0.717) is 5.56 Å². The van der Waals surface area contributed by atoms with Gasteiger partial charge in [-0.25, -0.2) is 9.78 Å². The zero-order valence-electron chi connectivity index (χ0n) is 12.4. The van der Waals surface area contributed by atoms with E-state index in [1.165, 1.54) is 7.11 Å². The van der Waals surface area contributed by atoms with E-state index in [1.807, 2.05) is 36.6 Å². The monoisotopic (exact) mass is 312 g/mol. The largest absolute Gasteiger partial charge is 0.465 e. The molecule has 1 heterocycles. The molecule has 2 aromatic carbocycles. The van der Waals surface area contributed by atoms with Gasteiger partial charge in [0.2, 0.25) is 0 Å². The van der Waals surface area contributed by atoms with Crippen molar-refractivity contribution in [2.45, 2.75) is 11.7 Å². The molecule has 0 aliphatic rings. The normalized spacial score (nSPS) is 10.8. The van der Waals surface area contributed by atoms with Gasteiger partial charge in [-0.2, -0.15) is 0 Å². The molecule has 4 nitrogen and oxygen atoms in total. The number of carbonyl (C=O) groups excluding carboxylic acids is 1. The summed E-state index contributed by atoms with van der Waals surface area (Å²) < 4.78 is 6.91. The maximum absolute atomic E-state index is 11.5. The van der Waals surface area contributed by atoms with Gasteiger partial charge in [0, 0.05) is 0 Å². The van der Waals surface area contributed by atoms with Crippen LogP contribution in [-0.4, -0.2) is 28.9 Å². The molecule has 0 unspecified atom stereocenters. The second-order valence-corrected chi connectivity index (χ2v) is 5.64. The molecule has 1 aromatic heterocycles. The standard InChI is InChI=1S/C17H16N2O2S/c1-21-16(20)13-9-7-12(8-10-13)11-19-15-6-4-3-5-14(15)18-17(19)22-2/h3-10H,11H2,1-2H3. The van der Waals surface area contributed by atoms with Crippen LogP contribution in [0.5, 0.6) is 0 Å². The lowest BCUT2D eigenvalue weighted by molar-refractivity contribution is 0.0600. The van der Waals surface area contributed by atoms with Crippen LogP contribution in [0.15, 0.2) is 53.7 Å². The van der Waals surface area contributed by atoms with E-state index in [1.54, 1.807) is 23.9 Å². The number of aromatic nitrogens is 2. The Bertz CT molecular complexity index is 809. The van der Waals surface area contributed by atoms with Crippen molar-refractivity contribution in [3.05, 3.63) is 59.7 Å². The smallest absolute Gasteiger partial charge is 0.337 e. The highest BCUT2D eigenvalue weighted by Crippen LogP contribution is 2.23. The molecule has 112 valence electrons. The van der Waals surface area contributed by atoms with Crippen LogP contribution >= 0.6 is 11.8 Å². The molecule has 0 fully saturated rings. The van der Waals surface area contributed by atoms with E-state index in [0.717, 1.165) is 28.3 Å². The molecular formula is C17H16N2O2S. The molecule has 5 heteroatoms. The van der Waals surface area contributed by atoms with Crippen LogP contribution < -0.4 is 0 Å². The van der Waals surface area contributed by atoms with Crippen LogP contribution in [0.3, 0.4) is 0 Å².